The monoisotopic (exact) mass is 539 g/mol. The minimum atomic E-state index is -0.527. The molecule has 1 atom stereocenters. The average Bonchev–Trinajstić information content (AvgIpc) is 3.38. The highest BCUT2D eigenvalue weighted by Crippen LogP contribution is 2.32. The molecule has 0 radical (unpaired) electrons. The van der Waals surface area contributed by atoms with Gasteiger partial charge in [0.15, 0.2) is 6.23 Å². The first kappa shape index (κ1) is 27.5. The van der Waals surface area contributed by atoms with Gasteiger partial charge in [0, 0.05) is 12.0 Å². The number of hydrogen-bond acceptors (Lipinski definition) is 5. The lowest BCUT2D eigenvalue weighted by molar-refractivity contribution is -0.0366. The second-order valence-corrected chi connectivity index (χ2v) is 11.0. The van der Waals surface area contributed by atoms with Gasteiger partial charge in [0.2, 0.25) is 0 Å². The van der Waals surface area contributed by atoms with E-state index in [1.54, 1.807) is 0 Å². The van der Waals surface area contributed by atoms with Crippen molar-refractivity contribution in [2.24, 2.45) is 0 Å². The molecule has 208 valence electrons. The number of alkyl carbamates (subject to hydrolysis) is 1. The quantitative estimate of drug-likeness (QED) is 0.189. The fourth-order valence-electron chi connectivity index (χ4n) is 4.78. The van der Waals surface area contributed by atoms with Gasteiger partial charge in [-0.05, 0) is 92.6 Å². The molecule has 0 aliphatic carbocycles. The van der Waals surface area contributed by atoms with Crippen LogP contribution in [0.1, 0.15) is 63.0 Å². The minimum absolute atomic E-state index is 0.00307. The van der Waals surface area contributed by atoms with Gasteiger partial charge in [0.05, 0.1) is 18.3 Å². The number of hydrogen-bond donors (Lipinski definition) is 1. The van der Waals surface area contributed by atoms with Crippen molar-refractivity contribution in [2.45, 2.75) is 51.9 Å². The number of aromatic nitrogens is 2. The molecule has 3 aromatic carbocycles. The number of carbonyl (C=O) groups is 1. The topological polar surface area (TPSA) is 74.6 Å². The van der Waals surface area contributed by atoms with Gasteiger partial charge in [-0.15, -0.1) is 0 Å². The average molecular weight is 540 g/mol. The van der Waals surface area contributed by atoms with E-state index in [0.29, 0.717) is 13.2 Å². The third-order valence-corrected chi connectivity index (χ3v) is 6.65. The second-order valence-electron chi connectivity index (χ2n) is 11.0. The smallest absolute Gasteiger partial charge is 0.407 e. The summed E-state index contributed by atoms with van der Waals surface area (Å²) in [4.78, 5) is 11.8. The van der Waals surface area contributed by atoms with E-state index in [4.69, 9.17) is 14.2 Å². The number of rotatable bonds is 8. The number of carbonyl (C=O) groups excluding carboxylic acids is 1. The molecule has 1 aliphatic rings. The molecule has 2 heterocycles. The number of ether oxygens (including phenoxy) is 3. The van der Waals surface area contributed by atoms with Crippen LogP contribution in [0.3, 0.4) is 0 Å². The van der Waals surface area contributed by atoms with E-state index in [9.17, 15) is 4.79 Å². The summed E-state index contributed by atoms with van der Waals surface area (Å²) in [6.07, 6.45) is 6.95. The van der Waals surface area contributed by atoms with E-state index < -0.39 is 11.7 Å². The maximum Gasteiger partial charge on any atom is 0.407 e. The van der Waals surface area contributed by atoms with E-state index in [1.807, 2.05) is 62.0 Å². The molecule has 1 aromatic heterocycles. The molecule has 7 heteroatoms. The van der Waals surface area contributed by atoms with Gasteiger partial charge in [0.1, 0.15) is 18.0 Å². The van der Waals surface area contributed by atoms with Crippen molar-refractivity contribution in [1.29, 1.82) is 0 Å². The van der Waals surface area contributed by atoms with Crippen LogP contribution in [0.25, 0.3) is 22.6 Å². The molecule has 0 spiro atoms. The lowest BCUT2D eigenvalue weighted by Crippen LogP contribution is -2.34. The summed E-state index contributed by atoms with van der Waals surface area (Å²) in [5.41, 5.74) is 4.96. The Morgan fingerprint density at radius 2 is 1.82 bits per heavy atom. The molecule has 7 nitrogen and oxygen atoms in total. The predicted octanol–water partition coefficient (Wildman–Crippen LogP) is 7.23. The van der Waals surface area contributed by atoms with Crippen molar-refractivity contribution in [3.8, 4) is 5.75 Å². The Morgan fingerprint density at radius 1 is 1.05 bits per heavy atom. The zero-order valence-corrected chi connectivity index (χ0v) is 23.4. The molecule has 1 saturated heterocycles. The fraction of sp³-hybridized carbons (Fsp3) is 0.333. The summed E-state index contributed by atoms with van der Waals surface area (Å²) in [6.45, 7) is 6.99. The predicted molar refractivity (Wildman–Crippen MR) is 158 cm³/mol. The summed E-state index contributed by atoms with van der Waals surface area (Å²) >= 11 is 0. The highest BCUT2D eigenvalue weighted by molar-refractivity contribution is 5.94. The van der Waals surface area contributed by atoms with Crippen molar-refractivity contribution >= 4 is 28.6 Å². The summed E-state index contributed by atoms with van der Waals surface area (Å²) in [5, 5.41) is 8.47. The lowest BCUT2D eigenvalue weighted by Gasteiger charge is -2.23. The van der Waals surface area contributed by atoms with Gasteiger partial charge in [0.25, 0.3) is 0 Å². The van der Waals surface area contributed by atoms with Crippen LogP contribution in [0.4, 0.5) is 4.79 Å². The molecule has 4 aromatic rings. The number of fused-ring (bicyclic) bond motifs is 1. The van der Waals surface area contributed by atoms with Gasteiger partial charge >= 0.3 is 6.09 Å². The van der Waals surface area contributed by atoms with E-state index in [0.717, 1.165) is 64.8 Å². The summed E-state index contributed by atoms with van der Waals surface area (Å²) < 4.78 is 19.1. The van der Waals surface area contributed by atoms with Gasteiger partial charge in [-0.2, -0.15) is 5.10 Å². The van der Waals surface area contributed by atoms with Crippen molar-refractivity contribution in [1.82, 2.24) is 15.1 Å². The zero-order chi connectivity index (χ0) is 28.0. The molecule has 1 unspecified atom stereocenters. The van der Waals surface area contributed by atoms with Crippen molar-refractivity contribution in [2.75, 3.05) is 19.8 Å². The molecule has 0 saturated carbocycles. The standard InChI is InChI=1S/C33H37N3O4/c1-33(2,3)40-32(37)34-18-20-38-28-15-12-25(13-16-28)29(21-24-9-5-4-6-10-24)26-14-17-30-27(22-26)23-35-36(30)31-11-7-8-19-39-31/h4-6,9-10,12-17,21-23,31H,7-8,11,18-20H2,1-3H3,(H,34,37)/b29-21+. The molecule has 5 rings (SSSR count). The van der Waals surface area contributed by atoms with Crippen LogP contribution in [-0.4, -0.2) is 41.2 Å². The molecule has 1 fully saturated rings. The molecule has 40 heavy (non-hydrogen) atoms. The molecule has 0 bridgehead atoms. The van der Waals surface area contributed by atoms with Crippen molar-refractivity contribution in [3.63, 3.8) is 0 Å². The summed E-state index contributed by atoms with van der Waals surface area (Å²) in [7, 11) is 0. The molecular formula is C33H37N3O4. The highest BCUT2D eigenvalue weighted by atomic mass is 16.6. The van der Waals surface area contributed by atoms with Crippen LogP contribution in [0.2, 0.25) is 0 Å². The number of nitrogens with one attached hydrogen (secondary N) is 1. The minimum Gasteiger partial charge on any atom is -0.492 e. The Hall–Kier alpha value is -4.10. The van der Waals surface area contributed by atoms with Gasteiger partial charge in [-0.1, -0.05) is 48.5 Å². The maximum atomic E-state index is 11.8. The van der Waals surface area contributed by atoms with E-state index in [2.05, 4.69) is 59.0 Å². The maximum absolute atomic E-state index is 11.8. The Kier molecular flexibility index (Phi) is 8.51. The third kappa shape index (κ3) is 7.10. The van der Waals surface area contributed by atoms with E-state index >= 15 is 0 Å². The third-order valence-electron chi connectivity index (χ3n) is 6.65. The summed E-state index contributed by atoms with van der Waals surface area (Å²) in [6, 6.07) is 24.9. The SMILES string of the molecule is CC(C)(C)OC(=O)NCCOc1ccc(/C(=C\c2ccccc2)c2ccc3c(cnn3C3CCCCO3)c2)cc1. The van der Waals surface area contributed by atoms with Crippen LogP contribution in [0, 0.1) is 0 Å². The Morgan fingerprint density at radius 3 is 2.55 bits per heavy atom. The van der Waals surface area contributed by atoms with Gasteiger partial charge < -0.3 is 19.5 Å². The van der Waals surface area contributed by atoms with E-state index in [1.165, 1.54) is 0 Å². The van der Waals surface area contributed by atoms with Gasteiger partial charge in [-0.25, -0.2) is 9.48 Å². The molecule has 1 N–H and O–H groups in total. The Bertz CT molecular complexity index is 1450. The van der Waals surface area contributed by atoms with Crippen molar-refractivity contribution < 1.29 is 19.0 Å². The van der Waals surface area contributed by atoms with E-state index in [-0.39, 0.29) is 6.23 Å². The molecule has 1 aliphatic heterocycles. The molecule has 1 amide bonds. The Labute approximate surface area is 235 Å². The van der Waals surface area contributed by atoms with Crippen LogP contribution in [-0.2, 0) is 9.47 Å². The summed E-state index contributed by atoms with van der Waals surface area (Å²) in [5.74, 6) is 0.734. The largest absolute Gasteiger partial charge is 0.492 e. The normalized spacial score (nSPS) is 16.1. The second kappa shape index (κ2) is 12.4. The highest BCUT2D eigenvalue weighted by Gasteiger charge is 2.19. The number of nitrogens with zero attached hydrogens (tertiary/aromatic N) is 2. The van der Waals surface area contributed by atoms with Crippen LogP contribution >= 0.6 is 0 Å². The first-order valence-electron chi connectivity index (χ1n) is 13.9. The zero-order valence-electron chi connectivity index (χ0n) is 23.4. The lowest BCUT2D eigenvalue weighted by atomic mass is 9.95. The fourth-order valence-corrected chi connectivity index (χ4v) is 4.78. The Balaban J connectivity index is 1.34. The molecular weight excluding hydrogens is 502 g/mol. The van der Waals surface area contributed by atoms with Crippen LogP contribution in [0.15, 0.2) is 79.0 Å². The number of benzene rings is 3. The number of amides is 1. The van der Waals surface area contributed by atoms with Gasteiger partial charge in [-0.3, -0.25) is 0 Å². The first-order valence-corrected chi connectivity index (χ1v) is 13.9. The van der Waals surface area contributed by atoms with Crippen molar-refractivity contribution in [3.05, 3.63) is 95.7 Å². The van der Waals surface area contributed by atoms with Crippen LogP contribution in [0.5, 0.6) is 5.75 Å². The van der Waals surface area contributed by atoms with Crippen LogP contribution < -0.4 is 10.1 Å². The first-order chi connectivity index (χ1) is 19.4.